The molecule has 2 aliphatic rings. The average molecular weight is 408 g/mol. The Morgan fingerprint density at radius 2 is 1.76 bits per heavy atom. The van der Waals surface area contributed by atoms with Crippen molar-refractivity contribution in [3.05, 3.63) is 41.0 Å². The van der Waals surface area contributed by atoms with Crippen molar-refractivity contribution in [1.82, 2.24) is 14.9 Å². The molecular formula is C23H29N5S. The Hall–Kier alpha value is -2.18. The van der Waals surface area contributed by atoms with Crippen molar-refractivity contribution in [2.75, 3.05) is 43.4 Å². The van der Waals surface area contributed by atoms with Gasteiger partial charge in [0, 0.05) is 42.6 Å². The van der Waals surface area contributed by atoms with Crippen molar-refractivity contribution in [1.29, 1.82) is 0 Å². The Morgan fingerprint density at radius 1 is 1.00 bits per heavy atom. The summed E-state index contributed by atoms with van der Waals surface area (Å²) in [6.45, 7) is 6.60. The highest BCUT2D eigenvalue weighted by atomic mass is 32.1. The highest BCUT2D eigenvalue weighted by molar-refractivity contribution is 7.19. The summed E-state index contributed by atoms with van der Waals surface area (Å²) in [6.07, 6.45) is 9.37. The normalized spacial score (nSPS) is 18.6. The number of thiophene rings is 1. The molecule has 29 heavy (non-hydrogen) atoms. The summed E-state index contributed by atoms with van der Waals surface area (Å²) in [4.78, 5) is 15.5. The lowest BCUT2D eigenvalue weighted by Gasteiger charge is -2.33. The van der Waals surface area contributed by atoms with Gasteiger partial charge in [-0.15, -0.1) is 11.3 Å². The first-order chi connectivity index (χ1) is 14.2. The predicted octanol–water partition coefficient (Wildman–Crippen LogP) is 5.15. The molecule has 0 unspecified atom stereocenters. The van der Waals surface area contributed by atoms with E-state index in [9.17, 15) is 0 Å². The van der Waals surface area contributed by atoms with Crippen LogP contribution < -0.4 is 10.2 Å². The third-order valence-electron chi connectivity index (χ3n) is 6.44. The molecule has 0 radical (unpaired) electrons. The summed E-state index contributed by atoms with van der Waals surface area (Å²) in [5.74, 6) is 2.46. The van der Waals surface area contributed by atoms with Gasteiger partial charge in [0.1, 0.15) is 11.6 Å². The molecule has 0 spiro atoms. The van der Waals surface area contributed by atoms with Gasteiger partial charge in [-0.05, 0) is 56.5 Å². The molecule has 3 aromatic heterocycles. The van der Waals surface area contributed by atoms with E-state index in [1.165, 1.54) is 46.3 Å². The summed E-state index contributed by atoms with van der Waals surface area (Å²) in [5.41, 5.74) is 2.76. The van der Waals surface area contributed by atoms with E-state index in [0.29, 0.717) is 0 Å². The van der Waals surface area contributed by atoms with E-state index in [0.717, 1.165) is 43.7 Å². The molecule has 4 heterocycles. The zero-order valence-corrected chi connectivity index (χ0v) is 18.1. The first kappa shape index (κ1) is 18.8. The fraction of sp³-hybridized carbons (Fsp3) is 0.478. The molecule has 1 saturated carbocycles. The monoisotopic (exact) mass is 407 g/mol. The molecule has 5 nitrogen and oxygen atoms in total. The second-order valence-electron chi connectivity index (χ2n) is 8.44. The average Bonchev–Trinajstić information content (AvgIpc) is 3.36. The highest BCUT2D eigenvalue weighted by Crippen LogP contribution is 2.43. The van der Waals surface area contributed by atoms with Crippen molar-refractivity contribution in [2.45, 2.75) is 38.5 Å². The Balaban J connectivity index is 1.35. The van der Waals surface area contributed by atoms with Crippen LogP contribution in [0.5, 0.6) is 0 Å². The van der Waals surface area contributed by atoms with Crippen LogP contribution in [0.2, 0.25) is 0 Å². The molecule has 0 atom stereocenters. The number of nitrogens with zero attached hydrogens (tertiary/aromatic N) is 4. The zero-order valence-electron chi connectivity index (χ0n) is 17.3. The third-order valence-corrected chi connectivity index (χ3v) is 7.51. The molecule has 1 aliphatic heterocycles. The van der Waals surface area contributed by atoms with Crippen LogP contribution in [0.1, 0.15) is 42.0 Å². The number of anilines is 3. The number of aromatic nitrogens is 2. The Bertz CT molecular complexity index is 982. The molecule has 152 valence electrons. The number of nitrogens with one attached hydrogen (secondary N) is 1. The van der Waals surface area contributed by atoms with Crippen LogP contribution in [0.25, 0.3) is 10.1 Å². The topological polar surface area (TPSA) is 44.3 Å². The van der Waals surface area contributed by atoms with E-state index in [-0.39, 0.29) is 0 Å². The molecule has 5 rings (SSSR count). The fourth-order valence-corrected chi connectivity index (χ4v) is 5.88. The summed E-state index contributed by atoms with van der Waals surface area (Å²) >= 11 is 1.88. The molecule has 0 aromatic carbocycles. The Kier molecular flexibility index (Phi) is 5.14. The molecule has 3 aromatic rings. The maximum absolute atomic E-state index is 4.65. The summed E-state index contributed by atoms with van der Waals surface area (Å²) in [7, 11) is 2.18. The van der Waals surface area contributed by atoms with E-state index in [4.69, 9.17) is 0 Å². The number of fused-ring (bicyclic) bond motifs is 1. The highest BCUT2D eigenvalue weighted by Gasteiger charge is 2.23. The predicted molar refractivity (Wildman–Crippen MR) is 123 cm³/mol. The SMILES string of the molecule is Cc1sc2cnc(Nc3ccc(N4CCN(C)CC4)cn3)cc2c1C1CCCC1. The maximum Gasteiger partial charge on any atom is 0.132 e. The number of pyridine rings is 2. The van der Waals surface area contributed by atoms with Gasteiger partial charge in [0.05, 0.1) is 16.6 Å². The Labute approximate surface area is 176 Å². The van der Waals surface area contributed by atoms with E-state index in [1.807, 2.05) is 23.7 Å². The van der Waals surface area contributed by atoms with Crippen molar-refractivity contribution < 1.29 is 0 Å². The van der Waals surface area contributed by atoms with E-state index in [2.05, 4.69) is 57.3 Å². The molecule has 2 fully saturated rings. The van der Waals surface area contributed by atoms with Gasteiger partial charge >= 0.3 is 0 Å². The maximum atomic E-state index is 4.65. The number of rotatable bonds is 4. The first-order valence-electron chi connectivity index (χ1n) is 10.7. The van der Waals surface area contributed by atoms with Crippen LogP contribution in [-0.4, -0.2) is 48.1 Å². The van der Waals surface area contributed by atoms with Gasteiger partial charge in [-0.25, -0.2) is 9.97 Å². The molecule has 0 bridgehead atoms. The smallest absolute Gasteiger partial charge is 0.132 e. The first-order valence-corrected chi connectivity index (χ1v) is 11.5. The van der Waals surface area contributed by atoms with Crippen LogP contribution in [0.4, 0.5) is 17.3 Å². The van der Waals surface area contributed by atoms with Crippen LogP contribution >= 0.6 is 11.3 Å². The van der Waals surface area contributed by atoms with Crippen molar-refractivity contribution in [2.24, 2.45) is 0 Å². The van der Waals surface area contributed by atoms with Gasteiger partial charge in [0.15, 0.2) is 0 Å². The van der Waals surface area contributed by atoms with Crippen LogP contribution in [0.15, 0.2) is 30.6 Å². The second kappa shape index (κ2) is 7.92. The molecule has 6 heteroatoms. The van der Waals surface area contributed by atoms with Gasteiger partial charge in [-0.1, -0.05) is 12.8 Å². The standard InChI is InChI=1S/C23H29N5S/c1-16-23(17-5-3-4-6-17)19-13-22(25-15-20(19)29-16)26-21-8-7-18(14-24-21)28-11-9-27(2)10-12-28/h7-8,13-15,17H,3-6,9-12H2,1-2H3,(H,24,25,26). The van der Waals surface area contributed by atoms with E-state index in [1.54, 1.807) is 5.56 Å². The minimum Gasteiger partial charge on any atom is -0.368 e. The van der Waals surface area contributed by atoms with E-state index >= 15 is 0 Å². The molecule has 1 N–H and O–H groups in total. The Morgan fingerprint density at radius 3 is 2.48 bits per heavy atom. The lowest BCUT2D eigenvalue weighted by atomic mass is 9.95. The number of aryl methyl sites for hydroxylation is 1. The summed E-state index contributed by atoms with van der Waals surface area (Å²) in [5, 5.41) is 4.80. The van der Waals surface area contributed by atoms with Crippen LogP contribution in [-0.2, 0) is 0 Å². The quantitative estimate of drug-likeness (QED) is 0.648. The minimum atomic E-state index is 0.722. The van der Waals surface area contributed by atoms with Crippen molar-refractivity contribution in [3.63, 3.8) is 0 Å². The van der Waals surface area contributed by atoms with Gasteiger partial charge in [0.2, 0.25) is 0 Å². The summed E-state index contributed by atoms with van der Waals surface area (Å²) < 4.78 is 1.30. The lowest BCUT2D eigenvalue weighted by Crippen LogP contribution is -2.44. The van der Waals surface area contributed by atoms with Gasteiger partial charge in [0.25, 0.3) is 0 Å². The molecular weight excluding hydrogens is 378 g/mol. The third kappa shape index (κ3) is 3.83. The summed E-state index contributed by atoms with van der Waals surface area (Å²) in [6, 6.07) is 6.46. The largest absolute Gasteiger partial charge is 0.368 e. The number of likely N-dealkylation sites (N-methyl/N-ethyl adjacent to an activating group) is 1. The van der Waals surface area contributed by atoms with Gasteiger partial charge in [-0.2, -0.15) is 0 Å². The van der Waals surface area contributed by atoms with Gasteiger partial charge in [-0.3, -0.25) is 0 Å². The molecule has 1 saturated heterocycles. The van der Waals surface area contributed by atoms with Crippen LogP contribution in [0, 0.1) is 6.92 Å². The van der Waals surface area contributed by atoms with E-state index < -0.39 is 0 Å². The van der Waals surface area contributed by atoms with Crippen molar-refractivity contribution >= 4 is 38.7 Å². The second-order valence-corrected chi connectivity index (χ2v) is 9.69. The zero-order chi connectivity index (χ0) is 19.8. The number of hydrogen-bond donors (Lipinski definition) is 1. The minimum absolute atomic E-state index is 0.722. The van der Waals surface area contributed by atoms with Crippen LogP contribution in [0.3, 0.4) is 0 Å². The molecule has 0 amide bonds. The van der Waals surface area contributed by atoms with Gasteiger partial charge < -0.3 is 15.1 Å². The van der Waals surface area contributed by atoms with Crippen molar-refractivity contribution in [3.8, 4) is 0 Å². The molecule has 1 aliphatic carbocycles. The number of piperazine rings is 1. The number of hydrogen-bond acceptors (Lipinski definition) is 6. The lowest BCUT2D eigenvalue weighted by molar-refractivity contribution is 0.313. The fourth-order valence-electron chi connectivity index (χ4n) is 4.78.